The van der Waals surface area contributed by atoms with Crippen LogP contribution in [-0.4, -0.2) is 50.5 Å². The van der Waals surface area contributed by atoms with E-state index in [1.165, 1.54) is 25.9 Å². The van der Waals surface area contributed by atoms with Crippen LogP contribution < -0.4 is 0 Å². The minimum absolute atomic E-state index is 0.224. The second-order valence-corrected chi connectivity index (χ2v) is 5.13. The van der Waals surface area contributed by atoms with E-state index >= 15 is 0 Å². The summed E-state index contributed by atoms with van der Waals surface area (Å²) >= 11 is 0. The van der Waals surface area contributed by atoms with Crippen molar-refractivity contribution in [3.8, 4) is 0 Å². The van der Waals surface area contributed by atoms with E-state index in [9.17, 15) is 5.11 Å². The van der Waals surface area contributed by atoms with Crippen molar-refractivity contribution >= 4 is 0 Å². The molecule has 5 nitrogen and oxygen atoms in total. The predicted octanol–water partition coefficient (Wildman–Crippen LogP) is 0.223. The van der Waals surface area contributed by atoms with Gasteiger partial charge in [-0.3, -0.25) is 0 Å². The first-order valence-electron chi connectivity index (χ1n) is 6.64. The van der Waals surface area contributed by atoms with Gasteiger partial charge in [0.15, 0.2) is 0 Å². The molecule has 1 atom stereocenters. The maximum atomic E-state index is 9.58. The molecule has 1 fully saturated rings. The van der Waals surface area contributed by atoms with Gasteiger partial charge >= 0.3 is 0 Å². The van der Waals surface area contributed by atoms with Gasteiger partial charge in [0, 0.05) is 25.9 Å². The van der Waals surface area contributed by atoms with Crippen molar-refractivity contribution in [2.75, 3.05) is 19.6 Å². The summed E-state index contributed by atoms with van der Waals surface area (Å²) in [6, 6.07) is 0. The summed E-state index contributed by atoms with van der Waals surface area (Å²) in [6.07, 6.45) is 4.94. The zero-order valence-electron chi connectivity index (χ0n) is 10.2. The number of aliphatic hydroxyl groups excluding tert-OH is 1. The number of aromatic nitrogens is 3. The third-order valence-corrected chi connectivity index (χ3v) is 3.86. The first kappa shape index (κ1) is 11.2. The largest absolute Gasteiger partial charge is 0.393 e. The number of hydrogen-bond donors (Lipinski definition) is 1. The molecule has 2 aliphatic rings. The second kappa shape index (κ2) is 4.74. The Balaban J connectivity index is 1.63. The van der Waals surface area contributed by atoms with Crippen molar-refractivity contribution in [1.82, 2.24) is 19.7 Å². The Bertz CT molecular complexity index is 384. The van der Waals surface area contributed by atoms with Crippen LogP contribution in [-0.2, 0) is 19.4 Å². The van der Waals surface area contributed by atoms with Crippen LogP contribution in [0.4, 0.5) is 0 Å². The highest BCUT2D eigenvalue weighted by atomic mass is 16.3. The molecule has 1 N–H and O–H groups in total. The molecule has 0 amide bonds. The van der Waals surface area contributed by atoms with Gasteiger partial charge in [-0.25, -0.2) is 0 Å². The normalized spacial score (nSPS) is 25.1. The van der Waals surface area contributed by atoms with E-state index < -0.39 is 0 Å². The van der Waals surface area contributed by atoms with Gasteiger partial charge in [-0.2, -0.15) is 0 Å². The SMILES string of the molecule is OC1CCn2c(CCN3CCCC3)nnc2C1. The highest BCUT2D eigenvalue weighted by Crippen LogP contribution is 2.16. The molecule has 0 radical (unpaired) electrons. The molecule has 3 heterocycles. The number of rotatable bonds is 3. The van der Waals surface area contributed by atoms with Crippen molar-refractivity contribution in [2.45, 2.75) is 44.8 Å². The lowest BCUT2D eigenvalue weighted by atomic mass is 10.1. The zero-order chi connectivity index (χ0) is 11.7. The second-order valence-electron chi connectivity index (χ2n) is 5.13. The van der Waals surface area contributed by atoms with Crippen molar-refractivity contribution in [3.05, 3.63) is 11.6 Å². The molecule has 0 aromatic carbocycles. The standard InChI is InChI=1S/C12H20N4O/c17-10-3-8-16-11(13-14-12(16)9-10)4-7-15-5-1-2-6-15/h10,17H,1-9H2. The van der Waals surface area contributed by atoms with Crippen LogP contribution in [0.3, 0.4) is 0 Å². The molecule has 0 spiro atoms. The van der Waals surface area contributed by atoms with Crippen LogP contribution in [0.15, 0.2) is 0 Å². The summed E-state index contributed by atoms with van der Waals surface area (Å²) in [5, 5.41) is 18.0. The Hall–Kier alpha value is -0.940. The Labute approximate surface area is 101 Å². The fourth-order valence-corrected chi connectivity index (χ4v) is 2.82. The molecule has 2 aliphatic heterocycles. The molecule has 3 rings (SSSR count). The zero-order valence-corrected chi connectivity index (χ0v) is 10.2. The summed E-state index contributed by atoms with van der Waals surface area (Å²) in [4.78, 5) is 2.50. The summed E-state index contributed by atoms with van der Waals surface area (Å²) in [5.74, 6) is 2.05. The van der Waals surface area contributed by atoms with Gasteiger partial charge < -0.3 is 14.6 Å². The molecule has 17 heavy (non-hydrogen) atoms. The molecule has 94 valence electrons. The first-order valence-corrected chi connectivity index (χ1v) is 6.64. The third-order valence-electron chi connectivity index (χ3n) is 3.86. The average molecular weight is 236 g/mol. The molecule has 5 heteroatoms. The van der Waals surface area contributed by atoms with E-state index in [4.69, 9.17) is 0 Å². The molecule has 0 aliphatic carbocycles. The van der Waals surface area contributed by atoms with Gasteiger partial charge in [0.1, 0.15) is 11.6 Å². The molecule has 1 unspecified atom stereocenters. The van der Waals surface area contributed by atoms with Crippen LogP contribution in [0.2, 0.25) is 0 Å². The topological polar surface area (TPSA) is 54.2 Å². The van der Waals surface area contributed by atoms with Gasteiger partial charge in [0.25, 0.3) is 0 Å². The molecule has 0 saturated carbocycles. The number of aliphatic hydroxyl groups is 1. The minimum Gasteiger partial charge on any atom is -0.393 e. The van der Waals surface area contributed by atoms with E-state index in [-0.39, 0.29) is 6.10 Å². The summed E-state index contributed by atoms with van der Waals surface area (Å²) < 4.78 is 2.20. The van der Waals surface area contributed by atoms with E-state index in [2.05, 4.69) is 19.7 Å². The number of hydrogen-bond acceptors (Lipinski definition) is 4. The first-order chi connectivity index (χ1) is 8.33. The smallest absolute Gasteiger partial charge is 0.135 e. The summed E-state index contributed by atoms with van der Waals surface area (Å²) in [7, 11) is 0. The van der Waals surface area contributed by atoms with Crippen molar-refractivity contribution in [3.63, 3.8) is 0 Å². The lowest BCUT2D eigenvalue weighted by Crippen LogP contribution is -2.26. The van der Waals surface area contributed by atoms with Crippen molar-refractivity contribution in [2.24, 2.45) is 0 Å². The maximum absolute atomic E-state index is 9.58. The van der Waals surface area contributed by atoms with Gasteiger partial charge in [-0.1, -0.05) is 0 Å². The van der Waals surface area contributed by atoms with Crippen LogP contribution in [0.1, 0.15) is 30.9 Å². The van der Waals surface area contributed by atoms with Crippen LogP contribution in [0, 0.1) is 0 Å². The molecule has 0 bridgehead atoms. The lowest BCUT2D eigenvalue weighted by molar-refractivity contribution is 0.141. The molecule has 1 aromatic rings. The van der Waals surface area contributed by atoms with Gasteiger partial charge in [0.2, 0.25) is 0 Å². The monoisotopic (exact) mass is 236 g/mol. The highest BCUT2D eigenvalue weighted by molar-refractivity contribution is 5.01. The quantitative estimate of drug-likeness (QED) is 0.816. The summed E-state index contributed by atoms with van der Waals surface area (Å²) in [6.45, 7) is 4.44. The predicted molar refractivity (Wildman–Crippen MR) is 63.7 cm³/mol. The van der Waals surface area contributed by atoms with Crippen LogP contribution in [0.25, 0.3) is 0 Å². The number of nitrogens with zero attached hydrogens (tertiary/aromatic N) is 4. The van der Waals surface area contributed by atoms with Gasteiger partial charge in [-0.05, 0) is 32.4 Å². The summed E-state index contributed by atoms with van der Waals surface area (Å²) in [5.41, 5.74) is 0. The van der Waals surface area contributed by atoms with E-state index in [0.717, 1.165) is 37.6 Å². The molecule has 1 saturated heterocycles. The van der Waals surface area contributed by atoms with E-state index in [1.807, 2.05) is 0 Å². The third kappa shape index (κ3) is 2.35. The van der Waals surface area contributed by atoms with Gasteiger partial charge in [-0.15, -0.1) is 10.2 Å². The van der Waals surface area contributed by atoms with E-state index in [0.29, 0.717) is 6.42 Å². The fourth-order valence-electron chi connectivity index (χ4n) is 2.82. The number of fused-ring (bicyclic) bond motifs is 1. The Morgan fingerprint density at radius 3 is 2.82 bits per heavy atom. The lowest BCUT2D eigenvalue weighted by Gasteiger charge is -2.20. The molecular formula is C12H20N4O. The van der Waals surface area contributed by atoms with Crippen molar-refractivity contribution in [1.29, 1.82) is 0 Å². The Morgan fingerprint density at radius 2 is 2.00 bits per heavy atom. The van der Waals surface area contributed by atoms with Gasteiger partial charge in [0.05, 0.1) is 6.10 Å². The molecule has 1 aromatic heterocycles. The maximum Gasteiger partial charge on any atom is 0.135 e. The average Bonchev–Trinajstić information content (AvgIpc) is 2.94. The van der Waals surface area contributed by atoms with E-state index in [1.54, 1.807) is 0 Å². The minimum atomic E-state index is -0.224. The Morgan fingerprint density at radius 1 is 1.18 bits per heavy atom. The Kier molecular flexibility index (Phi) is 3.11. The van der Waals surface area contributed by atoms with Crippen LogP contribution in [0.5, 0.6) is 0 Å². The van der Waals surface area contributed by atoms with Crippen molar-refractivity contribution < 1.29 is 5.11 Å². The fraction of sp³-hybridized carbons (Fsp3) is 0.833. The number of likely N-dealkylation sites (tertiary alicyclic amines) is 1. The van der Waals surface area contributed by atoms with Crippen LogP contribution >= 0.6 is 0 Å². The molecular weight excluding hydrogens is 216 g/mol. The highest BCUT2D eigenvalue weighted by Gasteiger charge is 2.21.